The second kappa shape index (κ2) is 6.71. The summed E-state index contributed by atoms with van der Waals surface area (Å²) >= 11 is 1.51. The summed E-state index contributed by atoms with van der Waals surface area (Å²) < 4.78 is 21.6. The van der Waals surface area contributed by atoms with Crippen molar-refractivity contribution in [2.45, 2.75) is 24.3 Å². The molecule has 0 bridgehead atoms. The van der Waals surface area contributed by atoms with E-state index in [1.165, 1.54) is 11.8 Å². The van der Waals surface area contributed by atoms with Gasteiger partial charge in [0.05, 0.1) is 21.3 Å². The number of nitrogens with zero attached hydrogens (tertiary/aromatic N) is 2. The molecule has 6 nitrogen and oxygen atoms in total. The highest BCUT2D eigenvalue weighted by molar-refractivity contribution is 7.99. The molecule has 1 aromatic carbocycles. The first-order chi connectivity index (χ1) is 10.1. The lowest BCUT2D eigenvalue weighted by atomic mass is 10.2. The van der Waals surface area contributed by atoms with E-state index in [9.17, 15) is 0 Å². The minimum absolute atomic E-state index is 0.373. The lowest BCUT2D eigenvalue weighted by molar-refractivity contribution is 0.324. The molecule has 0 amide bonds. The summed E-state index contributed by atoms with van der Waals surface area (Å²) in [5.41, 5.74) is 0.715. The predicted molar refractivity (Wildman–Crippen MR) is 80.4 cm³/mol. The summed E-state index contributed by atoms with van der Waals surface area (Å²) in [4.78, 5) is 0. The van der Waals surface area contributed by atoms with Crippen LogP contribution in [0.5, 0.6) is 17.2 Å². The first kappa shape index (κ1) is 15.5. The van der Waals surface area contributed by atoms with Gasteiger partial charge in [0.2, 0.25) is 11.6 Å². The van der Waals surface area contributed by atoms with Gasteiger partial charge < -0.3 is 18.6 Å². The van der Waals surface area contributed by atoms with Crippen LogP contribution in [0.15, 0.2) is 21.8 Å². The number of ether oxygens (including phenoxy) is 3. The first-order valence-corrected chi connectivity index (χ1v) is 7.27. The van der Waals surface area contributed by atoms with Crippen LogP contribution in [-0.4, -0.2) is 36.8 Å². The van der Waals surface area contributed by atoms with E-state index >= 15 is 0 Å². The molecule has 2 rings (SSSR count). The summed E-state index contributed by atoms with van der Waals surface area (Å²) in [6, 6.07) is 3.55. The molecule has 0 fully saturated rings. The van der Waals surface area contributed by atoms with Crippen LogP contribution in [0.4, 0.5) is 0 Å². The Balaban J connectivity index is 2.41. The number of rotatable bonds is 6. The second-order valence-electron chi connectivity index (χ2n) is 4.45. The fraction of sp³-hybridized carbons (Fsp3) is 0.429. The lowest BCUT2D eigenvalue weighted by Crippen LogP contribution is -1.95. The zero-order chi connectivity index (χ0) is 15.4. The molecular weight excluding hydrogens is 292 g/mol. The Morgan fingerprint density at radius 1 is 1.00 bits per heavy atom. The van der Waals surface area contributed by atoms with Crippen LogP contribution in [0.1, 0.15) is 13.8 Å². The van der Waals surface area contributed by atoms with Crippen molar-refractivity contribution >= 4 is 11.8 Å². The monoisotopic (exact) mass is 310 g/mol. The number of thioether (sulfide) groups is 1. The maximum Gasteiger partial charge on any atom is 0.277 e. The predicted octanol–water partition coefficient (Wildman–Crippen LogP) is 3.26. The standard InChI is InChI=1S/C14H18N2O4S/c1-8(2)21-14-16-15-13(20-14)9-6-10(17-3)12(19-5)11(7-9)18-4/h6-8H,1-5H3. The van der Waals surface area contributed by atoms with Crippen LogP contribution in [0.2, 0.25) is 0 Å². The van der Waals surface area contributed by atoms with Gasteiger partial charge in [-0.1, -0.05) is 25.6 Å². The highest BCUT2D eigenvalue weighted by atomic mass is 32.2. The van der Waals surface area contributed by atoms with E-state index in [1.807, 2.05) is 0 Å². The molecule has 0 aliphatic rings. The number of methoxy groups -OCH3 is 3. The molecule has 0 saturated carbocycles. The van der Waals surface area contributed by atoms with E-state index in [2.05, 4.69) is 24.0 Å². The van der Waals surface area contributed by atoms with Gasteiger partial charge in [-0.05, 0) is 12.1 Å². The third-order valence-corrected chi connectivity index (χ3v) is 3.49. The van der Waals surface area contributed by atoms with Crippen molar-refractivity contribution in [3.05, 3.63) is 12.1 Å². The molecule has 0 aliphatic heterocycles. The average molecular weight is 310 g/mol. The van der Waals surface area contributed by atoms with Crippen LogP contribution in [0.25, 0.3) is 11.5 Å². The Bertz CT molecular complexity index is 588. The normalized spacial score (nSPS) is 10.8. The second-order valence-corrected chi connectivity index (χ2v) is 5.98. The molecule has 1 aromatic heterocycles. The third-order valence-electron chi connectivity index (χ3n) is 2.65. The Morgan fingerprint density at radius 2 is 1.62 bits per heavy atom. The molecule has 0 N–H and O–H groups in total. The quantitative estimate of drug-likeness (QED) is 0.758. The zero-order valence-electron chi connectivity index (χ0n) is 12.7. The highest BCUT2D eigenvalue weighted by Crippen LogP contribution is 2.41. The first-order valence-electron chi connectivity index (χ1n) is 6.39. The van der Waals surface area contributed by atoms with E-state index in [4.69, 9.17) is 18.6 Å². The molecule has 114 valence electrons. The van der Waals surface area contributed by atoms with Gasteiger partial charge in [0.1, 0.15) is 0 Å². The van der Waals surface area contributed by atoms with Crippen LogP contribution >= 0.6 is 11.8 Å². The minimum atomic E-state index is 0.373. The molecule has 2 aromatic rings. The van der Waals surface area contributed by atoms with Gasteiger partial charge in [0.15, 0.2) is 11.5 Å². The molecule has 0 radical (unpaired) electrons. The van der Waals surface area contributed by atoms with Gasteiger partial charge in [-0.3, -0.25) is 0 Å². The SMILES string of the molecule is COc1cc(-c2nnc(SC(C)C)o2)cc(OC)c1OC. The van der Waals surface area contributed by atoms with E-state index in [0.717, 1.165) is 0 Å². The van der Waals surface area contributed by atoms with Crippen molar-refractivity contribution in [3.8, 4) is 28.7 Å². The van der Waals surface area contributed by atoms with Gasteiger partial charge in [0, 0.05) is 10.8 Å². The van der Waals surface area contributed by atoms with Gasteiger partial charge in [0.25, 0.3) is 5.22 Å². The Hall–Kier alpha value is -1.89. The van der Waals surface area contributed by atoms with Crippen molar-refractivity contribution in [1.82, 2.24) is 10.2 Å². The molecule has 0 aliphatic carbocycles. The fourth-order valence-electron chi connectivity index (χ4n) is 1.78. The van der Waals surface area contributed by atoms with Gasteiger partial charge in [-0.25, -0.2) is 0 Å². The Morgan fingerprint density at radius 3 is 2.10 bits per heavy atom. The van der Waals surface area contributed by atoms with Gasteiger partial charge in [-0.2, -0.15) is 0 Å². The summed E-state index contributed by atoms with van der Waals surface area (Å²) in [5.74, 6) is 2.03. The molecule has 21 heavy (non-hydrogen) atoms. The van der Waals surface area contributed by atoms with Crippen molar-refractivity contribution < 1.29 is 18.6 Å². The average Bonchev–Trinajstić information content (AvgIpc) is 2.93. The van der Waals surface area contributed by atoms with E-state index < -0.39 is 0 Å². The van der Waals surface area contributed by atoms with E-state index in [1.54, 1.807) is 33.5 Å². The topological polar surface area (TPSA) is 66.6 Å². The van der Waals surface area contributed by atoms with Gasteiger partial charge >= 0.3 is 0 Å². The molecule has 0 atom stereocenters. The fourth-order valence-corrected chi connectivity index (χ4v) is 2.40. The van der Waals surface area contributed by atoms with Crippen LogP contribution in [0.3, 0.4) is 0 Å². The Kier molecular flexibility index (Phi) is 4.95. The summed E-state index contributed by atoms with van der Waals surface area (Å²) in [5, 5.41) is 8.99. The van der Waals surface area contributed by atoms with Gasteiger partial charge in [-0.15, -0.1) is 10.2 Å². The molecule has 0 saturated heterocycles. The Labute approximate surface area is 127 Å². The van der Waals surface area contributed by atoms with Crippen molar-refractivity contribution in [2.24, 2.45) is 0 Å². The number of hydrogen-bond acceptors (Lipinski definition) is 7. The molecule has 1 heterocycles. The van der Waals surface area contributed by atoms with Crippen molar-refractivity contribution in [1.29, 1.82) is 0 Å². The third kappa shape index (κ3) is 3.41. The lowest BCUT2D eigenvalue weighted by Gasteiger charge is -2.12. The summed E-state index contributed by atoms with van der Waals surface area (Å²) in [6.07, 6.45) is 0. The molecule has 0 spiro atoms. The summed E-state index contributed by atoms with van der Waals surface area (Å²) in [6.45, 7) is 4.13. The maximum atomic E-state index is 5.64. The molecule has 0 unspecified atom stereocenters. The van der Waals surface area contributed by atoms with E-state index in [-0.39, 0.29) is 0 Å². The van der Waals surface area contributed by atoms with Crippen LogP contribution in [-0.2, 0) is 0 Å². The van der Waals surface area contributed by atoms with Crippen LogP contribution < -0.4 is 14.2 Å². The smallest absolute Gasteiger partial charge is 0.277 e. The maximum absolute atomic E-state index is 5.64. The van der Waals surface area contributed by atoms with Crippen LogP contribution in [0, 0.1) is 0 Å². The van der Waals surface area contributed by atoms with Crippen molar-refractivity contribution in [3.63, 3.8) is 0 Å². The number of benzene rings is 1. The zero-order valence-corrected chi connectivity index (χ0v) is 13.5. The minimum Gasteiger partial charge on any atom is -0.493 e. The summed E-state index contributed by atoms with van der Waals surface area (Å²) in [7, 11) is 4.69. The number of hydrogen-bond donors (Lipinski definition) is 0. The number of aromatic nitrogens is 2. The van der Waals surface area contributed by atoms with Crippen molar-refractivity contribution in [2.75, 3.05) is 21.3 Å². The largest absolute Gasteiger partial charge is 0.493 e. The molecule has 7 heteroatoms. The molecular formula is C14H18N2O4S. The highest BCUT2D eigenvalue weighted by Gasteiger charge is 2.17. The van der Waals surface area contributed by atoms with E-state index in [0.29, 0.717) is 39.2 Å².